The van der Waals surface area contributed by atoms with Crippen molar-refractivity contribution in [3.8, 4) is 0 Å². The first-order valence-electron chi connectivity index (χ1n) is 23.9. The summed E-state index contributed by atoms with van der Waals surface area (Å²) < 4.78 is 39.6. The van der Waals surface area contributed by atoms with E-state index in [2.05, 4.69) is 13.8 Å². The second-order valence-electron chi connectivity index (χ2n) is 17.7. The fraction of sp³-hybridized carbons (Fsp3) is 0.957. The molecule has 0 saturated heterocycles. The maximum Gasteiger partial charge on any atom is 0.472 e. The molecule has 0 saturated carbocycles. The van der Waals surface area contributed by atoms with E-state index in [-0.39, 0.29) is 26.1 Å². The molecule has 0 amide bonds. The standard InChI is InChI=1S/C46H92NO10P/c1-6-8-10-12-14-16-18-20-22-24-26-28-30-32-34-36-45(49)54-40-44(41-56-58(51,52)55-39-43(48)38-53-42-47(3,4)5)57-46(50)37-35-33-31-29-27-25-23-21-19-17-15-13-11-9-7-2/h43-44,48H,6-42H2,1-5H3/p+1. The van der Waals surface area contributed by atoms with Crippen LogP contribution in [0.2, 0.25) is 0 Å². The number of esters is 2. The smallest absolute Gasteiger partial charge is 0.462 e. The Morgan fingerprint density at radius 1 is 0.500 bits per heavy atom. The normalized spacial score (nSPS) is 14.0. The highest BCUT2D eigenvalue weighted by Gasteiger charge is 2.27. The molecule has 0 radical (unpaired) electrons. The Morgan fingerprint density at radius 3 is 1.22 bits per heavy atom. The molecule has 0 bridgehead atoms. The molecule has 11 nitrogen and oxygen atoms in total. The lowest BCUT2D eigenvalue weighted by Gasteiger charge is -2.24. The fourth-order valence-electron chi connectivity index (χ4n) is 6.81. The van der Waals surface area contributed by atoms with Crippen LogP contribution in [0.4, 0.5) is 0 Å². The van der Waals surface area contributed by atoms with E-state index in [0.717, 1.165) is 38.5 Å². The molecule has 0 spiro atoms. The maximum atomic E-state index is 12.7. The molecule has 0 fully saturated rings. The van der Waals surface area contributed by atoms with Gasteiger partial charge in [-0.2, -0.15) is 0 Å². The lowest BCUT2D eigenvalue weighted by molar-refractivity contribution is -0.890. The van der Waals surface area contributed by atoms with E-state index in [4.69, 9.17) is 23.3 Å². The number of nitrogens with zero attached hydrogens (tertiary/aromatic N) is 1. The molecule has 0 rings (SSSR count). The third kappa shape index (κ3) is 43.0. The van der Waals surface area contributed by atoms with E-state index in [1.807, 2.05) is 21.1 Å². The van der Waals surface area contributed by atoms with Crippen LogP contribution in [-0.2, 0) is 37.4 Å². The maximum absolute atomic E-state index is 12.7. The zero-order valence-corrected chi connectivity index (χ0v) is 39.3. The first kappa shape index (κ1) is 56.9. The van der Waals surface area contributed by atoms with Crippen molar-refractivity contribution in [2.45, 2.75) is 232 Å². The van der Waals surface area contributed by atoms with Crippen LogP contribution in [0.25, 0.3) is 0 Å². The molecule has 0 aromatic carbocycles. The molecular weight excluding hydrogens is 757 g/mol. The summed E-state index contributed by atoms with van der Waals surface area (Å²) in [7, 11) is 1.19. The summed E-state index contributed by atoms with van der Waals surface area (Å²) in [5, 5.41) is 10.1. The van der Waals surface area contributed by atoms with Gasteiger partial charge < -0.3 is 28.7 Å². The van der Waals surface area contributed by atoms with Crippen LogP contribution in [0.15, 0.2) is 0 Å². The summed E-state index contributed by atoms with van der Waals surface area (Å²) in [6.07, 6.45) is 35.3. The molecule has 346 valence electrons. The molecular formula is C46H93NO10P+. The summed E-state index contributed by atoms with van der Waals surface area (Å²) in [5.41, 5.74) is 0. The van der Waals surface area contributed by atoms with Crippen molar-refractivity contribution in [2.75, 3.05) is 54.3 Å². The molecule has 3 unspecified atom stereocenters. The molecule has 0 aliphatic carbocycles. The lowest BCUT2D eigenvalue weighted by atomic mass is 10.0. The van der Waals surface area contributed by atoms with Crippen molar-refractivity contribution in [2.24, 2.45) is 0 Å². The second-order valence-corrected chi connectivity index (χ2v) is 19.2. The molecule has 0 aromatic rings. The summed E-state index contributed by atoms with van der Waals surface area (Å²) in [6.45, 7) is 3.50. The van der Waals surface area contributed by atoms with Gasteiger partial charge in [-0.3, -0.25) is 18.6 Å². The Bertz CT molecular complexity index is 979. The van der Waals surface area contributed by atoms with Crippen molar-refractivity contribution in [1.82, 2.24) is 0 Å². The number of aliphatic hydroxyl groups is 1. The molecule has 58 heavy (non-hydrogen) atoms. The SMILES string of the molecule is CCCCCCCCCCCCCCCCCC(=O)OCC(COP(=O)(O)OCC(O)COC[N+](C)(C)C)OC(=O)CCCCCCCCCCCCCCCCC. The van der Waals surface area contributed by atoms with Crippen LogP contribution in [0.5, 0.6) is 0 Å². The van der Waals surface area contributed by atoms with Crippen molar-refractivity contribution in [3.05, 3.63) is 0 Å². The zero-order valence-electron chi connectivity index (χ0n) is 38.4. The number of aliphatic hydroxyl groups excluding tert-OH is 1. The van der Waals surface area contributed by atoms with Crippen molar-refractivity contribution >= 4 is 19.8 Å². The van der Waals surface area contributed by atoms with Crippen LogP contribution >= 0.6 is 7.82 Å². The highest BCUT2D eigenvalue weighted by atomic mass is 31.2. The van der Waals surface area contributed by atoms with Crippen molar-refractivity contribution < 1.29 is 51.9 Å². The van der Waals surface area contributed by atoms with E-state index in [0.29, 0.717) is 17.6 Å². The highest BCUT2D eigenvalue weighted by molar-refractivity contribution is 7.47. The first-order chi connectivity index (χ1) is 27.9. The predicted octanol–water partition coefficient (Wildman–Crippen LogP) is 12.1. The molecule has 12 heteroatoms. The summed E-state index contributed by atoms with van der Waals surface area (Å²) in [6, 6.07) is 0. The lowest BCUT2D eigenvalue weighted by Crippen LogP contribution is -2.38. The monoisotopic (exact) mass is 851 g/mol. The fourth-order valence-corrected chi connectivity index (χ4v) is 7.60. The third-order valence-corrected chi connectivity index (χ3v) is 11.3. The van der Waals surface area contributed by atoms with Gasteiger partial charge in [0.2, 0.25) is 0 Å². The summed E-state index contributed by atoms with van der Waals surface area (Å²) in [5.74, 6) is -0.876. The first-order valence-corrected chi connectivity index (χ1v) is 25.4. The Hall–Kier alpha value is -1.07. The number of ether oxygens (including phenoxy) is 3. The van der Waals surface area contributed by atoms with Gasteiger partial charge in [0, 0.05) is 12.8 Å². The average molecular weight is 851 g/mol. The van der Waals surface area contributed by atoms with Crippen LogP contribution < -0.4 is 0 Å². The molecule has 3 atom stereocenters. The Kier molecular flexibility index (Phi) is 39.3. The Morgan fingerprint density at radius 2 is 0.845 bits per heavy atom. The number of unbranched alkanes of at least 4 members (excludes halogenated alkanes) is 28. The quantitative estimate of drug-likeness (QED) is 0.0200. The van der Waals surface area contributed by atoms with E-state index >= 15 is 0 Å². The number of phosphoric ester groups is 1. The van der Waals surface area contributed by atoms with Crippen LogP contribution in [0, 0.1) is 0 Å². The van der Waals surface area contributed by atoms with Gasteiger partial charge in [0.25, 0.3) is 0 Å². The number of carbonyl (C=O) groups excluding carboxylic acids is 2. The van der Waals surface area contributed by atoms with Gasteiger partial charge in [-0.15, -0.1) is 0 Å². The van der Waals surface area contributed by atoms with E-state index in [9.17, 15) is 24.2 Å². The van der Waals surface area contributed by atoms with Crippen molar-refractivity contribution in [3.63, 3.8) is 0 Å². The largest absolute Gasteiger partial charge is 0.472 e. The third-order valence-electron chi connectivity index (χ3n) is 10.3. The molecule has 2 N–H and O–H groups in total. The second kappa shape index (κ2) is 40.0. The van der Waals surface area contributed by atoms with E-state index < -0.39 is 45.2 Å². The highest BCUT2D eigenvalue weighted by Crippen LogP contribution is 2.43. The topological polar surface area (TPSA) is 138 Å². The molecule has 0 aromatic heterocycles. The minimum Gasteiger partial charge on any atom is -0.462 e. The zero-order chi connectivity index (χ0) is 43.0. The van der Waals surface area contributed by atoms with E-state index in [1.165, 1.54) is 148 Å². The Labute approximate surface area is 356 Å². The Balaban J connectivity index is 4.47. The van der Waals surface area contributed by atoms with Gasteiger partial charge in [-0.25, -0.2) is 4.57 Å². The van der Waals surface area contributed by atoms with Gasteiger partial charge in [0.05, 0.1) is 41.0 Å². The van der Waals surface area contributed by atoms with Crippen molar-refractivity contribution in [1.29, 1.82) is 0 Å². The molecule has 0 aliphatic heterocycles. The number of phosphoric acid groups is 1. The number of rotatable bonds is 45. The number of quaternary nitrogens is 1. The minimum atomic E-state index is -4.61. The van der Waals surface area contributed by atoms with Gasteiger partial charge in [0.15, 0.2) is 12.8 Å². The minimum absolute atomic E-state index is 0.0790. The summed E-state index contributed by atoms with van der Waals surface area (Å²) >= 11 is 0. The number of hydrogen-bond donors (Lipinski definition) is 2. The van der Waals surface area contributed by atoms with E-state index in [1.54, 1.807) is 0 Å². The average Bonchev–Trinajstić information content (AvgIpc) is 3.17. The molecule has 0 heterocycles. The number of hydrogen-bond acceptors (Lipinski definition) is 9. The van der Waals surface area contributed by atoms with Gasteiger partial charge >= 0.3 is 19.8 Å². The number of carbonyl (C=O) groups is 2. The van der Waals surface area contributed by atoms with Gasteiger partial charge in [0.1, 0.15) is 12.7 Å². The van der Waals surface area contributed by atoms with Gasteiger partial charge in [-0.1, -0.05) is 194 Å². The van der Waals surface area contributed by atoms with Crippen LogP contribution in [-0.4, -0.2) is 92.9 Å². The van der Waals surface area contributed by atoms with Crippen LogP contribution in [0.3, 0.4) is 0 Å². The predicted molar refractivity (Wildman–Crippen MR) is 237 cm³/mol. The summed E-state index contributed by atoms with van der Waals surface area (Å²) in [4.78, 5) is 35.5. The molecule has 0 aliphatic rings. The van der Waals surface area contributed by atoms with Gasteiger partial charge in [-0.05, 0) is 12.8 Å². The van der Waals surface area contributed by atoms with Crippen LogP contribution in [0.1, 0.15) is 219 Å².